The van der Waals surface area contributed by atoms with Crippen molar-refractivity contribution >= 4 is 28.6 Å². The van der Waals surface area contributed by atoms with Crippen LogP contribution in [0.2, 0.25) is 0 Å². The van der Waals surface area contributed by atoms with Crippen molar-refractivity contribution < 1.29 is 18.3 Å². The van der Waals surface area contributed by atoms with E-state index in [0.717, 1.165) is 19.3 Å². The van der Waals surface area contributed by atoms with E-state index in [2.05, 4.69) is 11.7 Å². The summed E-state index contributed by atoms with van der Waals surface area (Å²) in [7, 11) is 0. The molecule has 0 saturated heterocycles. The van der Waals surface area contributed by atoms with Gasteiger partial charge in [-0.1, -0.05) is 74.5 Å². The molecule has 0 aliphatic carbocycles. The summed E-state index contributed by atoms with van der Waals surface area (Å²) in [4.78, 5) is 11.1. The van der Waals surface area contributed by atoms with Crippen molar-refractivity contribution in [1.82, 2.24) is 0 Å². The minimum absolute atomic E-state index is 0.00189. The molecule has 1 atom stereocenters. The number of hydrogen-bond acceptors (Lipinski definition) is 2. The van der Waals surface area contributed by atoms with Crippen molar-refractivity contribution in [3.63, 3.8) is 0 Å². The largest absolute Gasteiger partial charge is 0.462 e. The van der Waals surface area contributed by atoms with Gasteiger partial charge in [0.15, 0.2) is 0 Å². The van der Waals surface area contributed by atoms with Crippen LogP contribution in [0.5, 0.6) is 0 Å². The molecular weight excluding hydrogens is 377 g/mol. The van der Waals surface area contributed by atoms with Gasteiger partial charge in [0.05, 0.1) is 6.61 Å². The Kier molecular flexibility index (Phi) is 11.7. The first-order valence-electron chi connectivity index (χ1n) is 7.63. The first-order chi connectivity index (χ1) is 9.44. The fourth-order valence-corrected chi connectivity index (χ4v) is 3.02. The predicted octanol–water partition coefficient (Wildman–Crippen LogP) is 5.52. The van der Waals surface area contributed by atoms with Gasteiger partial charge in [-0.15, -0.1) is 0 Å². The van der Waals surface area contributed by atoms with E-state index < -0.39 is 18.3 Å². The lowest BCUT2D eigenvalue weighted by atomic mass is 10.0. The summed E-state index contributed by atoms with van der Waals surface area (Å²) in [5.41, 5.74) is 0. The van der Waals surface area contributed by atoms with E-state index in [9.17, 15) is 13.6 Å². The molecule has 0 saturated carbocycles. The third kappa shape index (κ3) is 9.88. The number of carbonyl (C=O) groups excluding carboxylic acids is 1. The van der Waals surface area contributed by atoms with Gasteiger partial charge in [0, 0.05) is 10.3 Å². The third-order valence-corrected chi connectivity index (χ3v) is 4.24. The Bertz CT molecular complexity index is 260. The Morgan fingerprint density at radius 1 is 1.10 bits per heavy atom. The van der Waals surface area contributed by atoms with Crippen molar-refractivity contribution in [2.75, 3.05) is 6.61 Å². The zero-order valence-electron chi connectivity index (χ0n) is 12.6. The van der Waals surface area contributed by atoms with E-state index in [1.165, 1.54) is 39.0 Å². The molecule has 0 aliphatic rings. The molecule has 0 fully saturated rings. The lowest BCUT2D eigenvalue weighted by Gasteiger charge is -2.18. The molecule has 0 bridgehead atoms. The molecule has 0 aromatic rings. The highest BCUT2D eigenvalue weighted by atomic mass is 127. The summed E-state index contributed by atoms with van der Waals surface area (Å²) in [6, 6.07) is 0. The molecule has 0 spiro atoms. The maximum atomic E-state index is 13.5. The molecule has 0 aromatic heterocycles. The van der Waals surface area contributed by atoms with Gasteiger partial charge < -0.3 is 4.74 Å². The quantitative estimate of drug-likeness (QED) is 0.185. The van der Waals surface area contributed by atoms with Crippen molar-refractivity contribution in [1.29, 1.82) is 0 Å². The van der Waals surface area contributed by atoms with Crippen molar-refractivity contribution in [2.45, 2.75) is 81.5 Å². The van der Waals surface area contributed by atoms with E-state index in [-0.39, 0.29) is 10.5 Å². The summed E-state index contributed by atoms with van der Waals surface area (Å²) in [6.45, 7) is 3.72. The van der Waals surface area contributed by atoms with Gasteiger partial charge in [0.1, 0.15) is 0 Å². The zero-order chi connectivity index (χ0) is 15.4. The maximum absolute atomic E-state index is 13.5. The molecule has 0 N–H and O–H groups in total. The molecule has 5 heteroatoms. The van der Waals surface area contributed by atoms with E-state index >= 15 is 0 Å². The third-order valence-electron chi connectivity index (χ3n) is 3.17. The molecule has 0 radical (unpaired) electrons. The number of alkyl halides is 3. The van der Waals surface area contributed by atoms with E-state index in [1.54, 1.807) is 0 Å². The van der Waals surface area contributed by atoms with E-state index in [0.29, 0.717) is 0 Å². The van der Waals surface area contributed by atoms with Crippen LogP contribution in [0, 0.1) is 0 Å². The monoisotopic (exact) mass is 404 g/mol. The molecule has 0 rings (SSSR count). The van der Waals surface area contributed by atoms with Gasteiger partial charge in [-0.2, -0.15) is 8.78 Å². The second kappa shape index (κ2) is 11.7. The second-order valence-corrected chi connectivity index (χ2v) is 6.90. The predicted molar refractivity (Wildman–Crippen MR) is 86.6 cm³/mol. The van der Waals surface area contributed by atoms with Crippen LogP contribution in [0.4, 0.5) is 8.78 Å². The Labute approximate surface area is 135 Å². The number of unbranched alkanes of at least 4 members (excludes halogenated alkanes) is 6. The Hall–Kier alpha value is 0.0600. The molecule has 0 amide bonds. The number of rotatable bonds is 12. The van der Waals surface area contributed by atoms with E-state index in [1.807, 2.05) is 22.6 Å². The molecular formula is C15H27F2IO2. The fourth-order valence-electron chi connectivity index (χ4n) is 2.02. The minimum atomic E-state index is -3.34. The molecule has 0 aromatic carbocycles. The SMILES string of the molecule is CCCCCCCCCC(I)CC(F)(F)C(=O)OCC. The smallest absolute Gasteiger partial charge is 0.377 e. The number of esters is 1. The van der Waals surface area contributed by atoms with Crippen molar-refractivity contribution in [3.05, 3.63) is 0 Å². The standard InChI is InChI=1S/C15H27F2IO2/c1-3-5-6-7-8-9-10-11-13(18)12-15(16,17)14(19)20-4-2/h13H,3-12H2,1-2H3. The van der Waals surface area contributed by atoms with Gasteiger partial charge in [0.25, 0.3) is 0 Å². The lowest BCUT2D eigenvalue weighted by molar-refractivity contribution is -0.172. The summed E-state index contributed by atoms with van der Waals surface area (Å²) >= 11 is 2.02. The average Bonchev–Trinajstić information content (AvgIpc) is 2.37. The number of ether oxygens (including phenoxy) is 1. The molecule has 20 heavy (non-hydrogen) atoms. The summed E-state index contributed by atoms with van der Waals surface area (Å²) in [6.07, 6.45) is 8.57. The number of carbonyl (C=O) groups is 1. The Morgan fingerprint density at radius 3 is 2.20 bits per heavy atom. The highest BCUT2D eigenvalue weighted by Gasteiger charge is 2.41. The van der Waals surface area contributed by atoms with Crippen LogP contribution in [-0.2, 0) is 9.53 Å². The van der Waals surface area contributed by atoms with Crippen LogP contribution in [0.3, 0.4) is 0 Å². The topological polar surface area (TPSA) is 26.3 Å². The van der Waals surface area contributed by atoms with Crippen molar-refractivity contribution in [2.24, 2.45) is 0 Å². The van der Waals surface area contributed by atoms with Crippen LogP contribution in [-0.4, -0.2) is 22.4 Å². The summed E-state index contributed by atoms with van der Waals surface area (Å²) < 4.78 is 31.2. The van der Waals surface area contributed by atoms with Crippen LogP contribution >= 0.6 is 22.6 Å². The average molecular weight is 404 g/mol. The van der Waals surface area contributed by atoms with Gasteiger partial charge in [-0.05, 0) is 13.3 Å². The van der Waals surface area contributed by atoms with Crippen LogP contribution < -0.4 is 0 Å². The summed E-state index contributed by atoms with van der Waals surface area (Å²) in [5, 5.41) is 0. The van der Waals surface area contributed by atoms with Crippen LogP contribution in [0.15, 0.2) is 0 Å². The Morgan fingerprint density at radius 2 is 1.65 bits per heavy atom. The molecule has 120 valence electrons. The van der Waals surface area contributed by atoms with Crippen molar-refractivity contribution in [3.8, 4) is 0 Å². The van der Waals surface area contributed by atoms with Gasteiger partial charge in [0.2, 0.25) is 0 Å². The van der Waals surface area contributed by atoms with Gasteiger partial charge >= 0.3 is 11.9 Å². The first-order valence-corrected chi connectivity index (χ1v) is 8.87. The maximum Gasteiger partial charge on any atom is 0.377 e. The lowest BCUT2D eigenvalue weighted by Crippen LogP contribution is -2.33. The molecule has 2 nitrogen and oxygen atoms in total. The van der Waals surface area contributed by atoms with Gasteiger partial charge in [-0.3, -0.25) is 0 Å². The van der Waals surface area contributed by atoms with Crippen LogP contribution in [0.1, 0.15) is 71.6 Å². The fraction of sp³-hybridized carbons (Fsp3) is 0.933. The zero-order valence-corrected chi connectivity index (χ0v) is 14.8. The summed E-state index contributed by atoms with van der Waals surface area (Å²) in [5.74, 6) is -4.73. The highest BCUT2D eigenvalue weighted by molar-refractivity contribution is 14.1. The minimum Gasteiger partial charge on any atom is -0.462 e. The second-order valence-electron chi connectivity index (χ2n) is 5.14. The molecule has 0 aliphatic heterocycles. The van der Waals surface area contributed by atoms with Crippen LogP contribution in [0.25, 0.3) is 0 Å². The normalized spacial score (nSPS) is 13.2. The van der Waals surface area contributed by atoms with Gasteiger partial charge in [-0.25, -0.2) is 4.79 Å². The first kappa shape index (κ1) is 20.1. The number of halogens is 3. The highest BCUT2D eigenvalue weighted by Crippen LogP contribution is 2.28. The molecule has 1 unspecified atom stereocenters. The molecule has 0 heterocycles. The Balaban J connectivity index is 3.71. The van der Waals surface area contributed by atoms with E-state index in [4.69, 9.17) is 0 Å². The number of hydrogen-bond donors (Lipinski definition) is 0.